The van der Waals surface area contributed by atoms with Crippen LogP contribution in [0.2, 0.25) is 0 Å². The van der Waals surface area contributed by atoms with Crippen molar-refractivity contribution in [3.63, 3.8) is 0 Å². The zero-order valence-electron chi connectivity index (χ0n) is 23.3. The molecule has 0 unspecified atom stereocenters. The highest BCUT2D eigenvalue weighted by Gasteiger charge is 2.31. The van der Waals surface area contributed by atoms with E-state index < -0.39 is 0 Å². The Morgan fingerprint density at radius 1 is 0.951 bits per heavy atom. The van der Waals surface area contributed by atoms with Crippen molar-refractivity contribution in [1.82, 2.24) is 39.3 Å². The molecular formula is C32H32N8O. The van der Waals surface area contributed by atoms with E-state index in [-0.39, 0.29) is 6.04 Å². The van der Waals surface area contributed by atoms with Crippen molar-refractivity contribution in [3.05, 3.63) is 78.4 Å². The van der Waals surface area contributed by atoms with Gasteiger partial charge in [0.2, 0.25) is 0 Å². The van der Waals surface area contributed by atoms with E-state index >= 15 is 0 Å². The highest BCUT2D eigenvalue weighted by atomic mass is 16.5. The Kier molecular flexibility index (Phi) is 5.73. The molecule has 0 bridgehead atoms. The van der Waals surface area contributed by atoms with Gasteiger partial charge >= 0.3 is 0 Å². The summed E-state index contributed by atoms with van der Waals surface area (Å²) in [5.41, 5.74) is 9.07. The van der Waals surface area contributed by atoms with Crippen molar-refractivity contribution in [2.24, 2.45) is 13.0 Å². The Balaban J connectivity index is 1.40. The van der Waals surface area contributed by atoms with Gasteiger partial charge in [-0.15, -0.1) is 5.10 Å². The van der Waals surface area contributed by atoms with Gasteiger partial charge in [-0.25, -0.2) is 9.67 Å². The van der Waals surface area contributed by atoms with Crippen LogP contribution in [0.5, 0.6) is 0 Å². The molecule has 1 aliphatic heterocycles. The Bertz CT molecular complexity index is 1850. The highest BCUT2D eigenvalue weighted by Crippen LogP contribution is 2.41. The van der Waals surface area contributed by atoms with Crippen molar-refractivity contribution in [3.8, 4) is 22.5 Å². The standard InChI is InChI=1S/C32H32N8O/c1-20-30(38(2)37-36-20)23-16-28-29(33-17-23)26-10-11-27(24-18-34-39(19-24)25-8-9-25)35-32(26)40(28)31(21-6-4-3-5-7-21)22-12-14-41-15-13-22/h3-7,10-11,16-19,22,25,31H,8-9,12-15H2,1-2H3/t31-/m1/s1. The first-order valence-corrected chi connectivity index (χ1v) is 14.5. The van der Waals surface area contributed by atoms with Crippen LogP contribution in [0.1, 0.15) is 49.0 Å². The minimum absolute atomic E-state index is 0.0832. The maximum Gasteiger partial charge on any atom is 0.143 e. The lowest BCUT2D eigenvalue weighted by atomic mass is 9.86. The van der Waals surface area contributed by atoms with Crippen LogP contribution < -0.4 is 0 Å². The molecule has 1 aromatic carbocycles. The zero-order valence-corrected chi connectivity index (χ0v) is 23.3. The van der Waals surface area contributed by atoms with Gasteiger partial charge in [-0.2, -0.15) is 5.10 Å². The normalized spacial score (nSPS) is 17.0. The van der Waals surface area contributed by atoms with Crippen LogP contribution in [-0.2, 0) is 11.8 Å². The lowest BCUT2D eigenvalue weighted by Crippen LogP contribution is -2.27. The van der Waals surface area contributed by atoms with E-state index in [1.807, 2.05) is 31.0 Å². The molecule has 0 spiro atoms. The second-order valence-electron chi connectivity index (χ2n) is 11.4. The number of benzene rings is 1. The third-order valence-electron chi connectivity index (χ3n) is 8.70. The molecule has 1 saturated carbocycles. The molecule has 0 N–H and O–H groups in total. The summed E-state index contributed by atoms with van der Waals surface area (Å²) < 4.78 is 12.2. The largest absolute Gasteiger partial charge is 0.381 e. The number of hydrogen-bond donors (Lipinski definition) is 0. The molecule has 6 heterocycles. The van der Waals surface area contributed by atoms with Gasteiger partial charge < -0.3 is 9.30 Å². The molecule has 1 aliphatic carbocycles. The number of rotatable bonds is 6. The summed E-state index contributed by atoms with van der Waals surface area (Å²) in [5.74, 6) is 0.400. The number of nitrogens with zero attached hydrogens (tertiary/aromatic N) is 8. The summed E-state index contributed by atoms with van der Waals surface area (Å²) in [7, 11) is 1.93. The number of aryl methyl sites for hydroxylation is 2. The van der Waals surface area contributed by atoms with E-state index in [0.717, 1.165) is 76.3 Å². The number of fused-ring (bicyclic) bond motifs is 3. The monoisotopic (exact) mass is 544 g/mol. The van der Waals surface area contributed by atoms with E-state index in [2.05, 4.69) is 79.4 Å². The van der Waals surface area contributed by atoms with Crippen molar-refractivity contribution < 1.29 is 4.74 Å². The summed E-state index contributed by atoms with van der Waals surface area (Å²) in [6, 6.07) is 18.0. The van der Waals surface area contributed by atoms with Gasteiger partial charge in [0.25, 0.3) is 0 Å². The molecule has 1 atom stereocenters. The second-order valence-corrected chi connectivity index (χ2v) is 11.4. The van der Waals surface area contributed by atoms with Gasteiger partial charge in [-0.05, 0) is 62.3 Å². The average molecular weight is 545 g/mol. The third kappa shape index (κ3) is 4.14. The molecule has 9 heteroatoms. The van der Waals surface area contributed by atoms with Crippen LogP contribution in [0.25, 0.3) is 44.6 Å². The molecule has 41 heavy (non-hydrogen) atoms. The van der Waals surface area contributed by atoms with E-state index in [0.29, 0.717) is 12.0 Å². The fourth-order valence-corrected chi connectivity index (χ4v) is 6.53. The number of pyridine rings is 2. The van der Waals surface area contributed by atoms with Gasteiger partial charge in [0.1, 0.15) is 5.65 Å². The molecule has 6 aromatic rings. The van der Waals surface area contributed by atoms with Crippen molar-refractivity contribution in [1.29, 1.82) is 0 Å². The number of ether oxygens (including phenoxy) is 1. The van der Waals surface area contributed by atoms with Gasteiger partial charge in [0.05, 0.1) is 46.4 Å². The molecule has 1 saturated heterocycles. The highest BCUT2D eigenvalue weighted by molar-refractivity contribution is 6.06. The van der Waals surface area contributed by atoms with Crippen LogP contribution in [0.15, 0.2) is 67.1 Å². The van der Waals surface area contributed by atoms with Crippen molar-refractivity contribution in [2.45, 2.75) is 44.7 Å². The minimum Gasteiger partial charge on any atom is -0.381 e. The van der Waals surface area contributed by atoms with Gasteiger partial charge in [0, 0.05) is 49.2 Å². The predicted molar refractivity (Wildman–Crippen MR) is 157 cm³/mol. The summed E-state index contributed by atoms with van der Waals surface area (Å²) >= 11 is 0. The maximum absolute atomic E-state index is 5.81. The molecule has 0 radical (unpaired) electrons. The summed E-state index contributed by atoms with van der Waals surface area (Å²) in [5, 5.41) is 14.3. The molecule has 8 rings (SSSR count). The predicted octanol–water partition coefficient (Wildman–Crippen LogP) is 5.90. The topological polar surface area (TPSA) is 88.5 Å². The van der Waals surface area contributed by atoms with E-state index in [4.69, 9.17) is 14.7 Å². The quantitative estimate of drug-likeness (QED) is 0.259. The lowest BCUT2D eigenvalue weighted by molar-refractivity contribution is 0.0552. The van der Waals surface area contributed by atoms with Crippen LogP contribution >= 0.6 is 0 Å². The molecule has 5 aromatic heterocycles. The Labute approximate surface area is 237 Å². The van der Waals surface area contributed by atoms with E-state index in [1.54, 1.807) is 0 Å². The molecule has 2 aliphatic rings. The fourth-order valence-electron chi connectivity index (χ4n) is 6.53. The fraction of sp³-hybridized carbons (Fsp3) is 0.344. The Morgan fingerprint density at radius 3 is 2.54 bits per heavy atom. The molecule has 9 nitrogen and oxygen atoms in total. The summed E-state index contributed by atoms with van der Waals surface area (Å²) in [6.07, 6.45) is 10.4. The summed E-state index contributed by atoms with van der Waals surface area (Å²) in [6.45, 7) is 3.54. The Morgan fingerprint density at radius 2 is 1.78 bits per heavy atom. The van der Waals surface area contributed by atoms with Gasteiger partial charge in [-0.1, -0.05) is 35.5 Å². The van der Waals surface area contributed by atoms with Crippen LogP contribution in [0.4, 0.5) is 0 Å². The van der Waals surface area contributed by atoms with Crippen LogP contribution in [0, 0.1) is 12.8 Å². The van der Waals surface area contributed by atoms with Gasteiger partial charge in [0.15, 0.2) is 0 Å². The van der Waals surface area contributed by atoms with Crippen molar-refractivity contribution >= 4 is 22.1 Å². The minimum atomic E-state index is 0.0832. The summed E-state index contributed by atoms with van der Waals surface area (Å²) in [4.78, 5) is 10.4. The van der Waals surface area contributed by atoms with Crippen LogP contribution in [-0.4, -0.2) is 52.5 Å². The molecule has 206 valence electrons. The van der Waals surface area contributed by atoms with E-state index in [9.17, 15) is 0 Å². The molecular weight excluding hydrogens is 512 g/mol. The van der Waals surface area contributed by atoms with E-state index in [1.165, 1.54) is 18.4 Å². The SMILES string of the molecule is Cc1nnn(C)c1-c1cnc2c3ccc(-c4cnn(C5CC5)c4)nc3n([C@H](c3ccccc3)C3CCOCC3)c2c1. The lowest BCUT2D eigenvalue weighted by Gasteiger charge is -2.32. The maximum atomic E-state index is 5.81. The smallest absolute Gasteiger partial charge is 0.143 e. The first-order chi connectivity index (χ1) is 20.2. The molecule has 0 amide bonds. The zero-order chi connectivity index (χ0) is 27.5. The first-order valence-electron chi connectivity index (χ1n) is 14.5. The first kappa shape index (κ1) is 24.4. The third-order valence-corrected chi connectivity index (χ3v) is 8.70. The number of hydrogen-bond acceptors (Lipinski definition) is 6. The average Bonchev–Trinajstić information content (AvgIpc) is 3.52. The van der Waals surface area contributed by atoms with Crippen molar-refractivity contribution in [2.75, 3.05) is 13.2 Å². The molecule has 2 fully saturated rings. The number of aromatic nitrogens is 8. The van der Waals surface area contributed by atoms with Crippen LogP contribution in [0.3, 0.4) is 0 Å². The Hall–Kier alpha value is -4.37. The second kappa shape index (κ2) is 9.62. The van der Waals surface area contributed by atoms with Gasteiger partial charge in [-0.3, -0.25) is 9.67 Å².